The van der Waals surface area contributed by atoms with Crippen molar-refractivity contribution in [3.05, 3.63) is 35.9 Å². The molecule has 4 bridgehead atoms. The number of carbonyl (C=O) groups excluding carboxylic acids is 1. The Hall–Kier alpha value is -1.00. The van der Waals surface area contributed by atoms with E-state index in [1.54, 1.807) is 0 Å². The van der Waals surface area contributed by atoms with Gasteiger partial charge in [-0.1, -0.05) is 51.1 Å². The Morgan fingerprint density at radius 1 is 1.07 bits per heavy atom. The van der Waals surface area contributed by atoms with Crippen molar-refractivity contribution < 1.29 is 4.79 Å². The first-order chi connectivity index (χ1) is 13.6. The summed E-state index contributed by atoms with van der Waals surface area (Å²) in [4.78, 5) is 16.3. The lowest BCUT2D eigenvalue weighted by atomic mass is 9.40. The number of nitrogens with zero attached hydrogens (tertiary/aromatic N) is 1. The first-order valence-corrected chi connectivity index (χ1v) is 11.9. The highest BCUT2D eigenvalue weighted by Crippen LogP contribution is 2.70. The maximum absolute atomic E-state index is 14.1. The standard InChI is InChI=1S/C25H36N2OS/c1-22(2)16-27(10-9-20(22)26)21(28)25-13-18-11-24(15-25,17-7-5-4-6-8-17)12-19(14-25)23(18,3)29/h4-8,18-20,29H,9-16,26H2,1-3H3/t18?,19?,20-,23?,24?,25?/m0/s1. The zero-order valence-electron chi connectivity index (χ0n) is 18.2. The molecule has 0 radical (unpaired) electrons. The molecule has 1 saturated heterocycles. The number of amides is 1. The predicted molar refractivity (Wildman–Crippen MR) is 121 cm³/mol. The fourth-order valence-electron chi connectivity index (χ4n) is 7.56. The van der Waals surface area contributed by atoms with Gasteiger partial charge < -0.3 is 10.6 Å². The van der Waals surface area contributed by atoms with Gasteiger partial charge in [0.1, 0.15) is 0 Å². The number of hydrogen-bond donors (Lipinski definition) is 2. The average Bonchev–Trinajstić information content (AvgIpc) is 2.68. The third-order valence-corrected chi connectivity index (χ3v) is 10.0. The monoisotopic (exact) mass is 412 g/mol. The number of thiol groups is 1. The maximum Gasteiger partial charge on any atom is 0.228 e. The highest BCUT2D eigenvalue weighted by atomic mass is 32.1. The Kier molecular flexibility index (Phi) is 4.30. The van der Waals surface area contributed by atoms with Crippen LogP contribution >= 0.6 is 12.6 Å². The van der Waals surface area contributed by atoms with E-state index in [4.69, 9.17) is 18.4 Å². The van der Waals surface area contributed by atoms with Gasteiger partial charge in [-0.05, 0) is 66.8 Å². The van der Waals surface area contributed by atoms with Crippen LogP contribution in [0.25, 0.3) is 0 Å². The van der Waals surface area contributed by atoms with E-state index in [9.17, 15) is 4.79 Å². The summed E-state index contributed by atoms with van der Waals surface area (Å²) in [6.45, 7) is 8.38. The molecule has 5 fully saturated rings. The molecule has 158 valence electrons. The second-order valence-electron chi connectivity index (χ2n) is 11.7. The molecule has 5 aliphatic rings. The lowest BCUT2D eigenvalue weighted by molar-refractivity contribution is -0.166. The Morgan fingerprint density at radius 3 is 2.28 bits per heavy atom. The van der Waals surface area contributed by atoms with Crippen LogP contribution < -0.4 is 5.73 Å². The second kappa shape index (κ2) is 6.26. The van der Waals surface area contributed by atoms with Crippen molar-refractivity contribution in [2.24, 2.45) is 28.4 Å². The van der Waals surface area contributed by atoms with Gasteiger partial charge >= 0.3 is 0 Å². The molecule has 2 N–H and O–H groups in total. The smallest absolute Gasteiger partial charge is 0.228 e. The van der Waals surface area contributed by atoms with Crippen molar-refractivity contribution in [1.82, 2.24) is 4.90 Å². The molecule has 0 aromatic heterocycles. The van der Waals surface area contributed by atoms with Gasteiger partial charge in [0.25, 0.3) is 0 Å². The van der Waals surface area contributed by atoms with Crippen LogP contribution in [-0.4, -0.2) is 34.7 Å². The van der Waals surface area contributed by atoms with E-state index < -0.39 is 0 Å². The van der Waals surface area contributed by atoms with Gasteiger partial charge in [0.05, 0.1) is 5.41 Å². The molecule has 0 spiro atoms. The van der Waals surface area contributed by atoms with E-state index >= 15 is 0 Å². The highest BCUT2D eigenvalue weighted by molar-refractivity contribution is 7.81. The average molecular weight is 413 g/mol. The molecule has 4 saturated carbocycles. The summed E-state index contributed by atoms with van der Waals surface area (Å²) < 4.78 is 0.0476. The Balaban J connectivity index is 1.51. The quantitative estimate of drug-likeness (QED) is 0.707. The van der Waals surface area contributed by atoms with E-state index in [1.165, 1.54) is 18.4 Å². The number of hydrogen-bond acceptors (Lipinski definition) is 3. The second-order valence-corrected chi connectivity index (χ2v) is 12.6. The molecule has 3 atom stereocenters. The van der Waals surface area contributed by atoms with Gasteiger partial charge in [0.2, 0.25) is 5.91 Å². The topological polar surface area (TPSA) is 46.3 Å². The van der Waals surface area contributed by atoms with Gasteiger partial charge in [-0.3, -0.25) is 4.79 Å². The first-order valence-electron chi connectivity index (χ1n) is 11.4. The van der Waals surface area contributed by atoms with Gasteiger partial charge in [0.15, 0.2) is 0 Å². The minimum atomic E-state index is -0.207. The summed E-state index contributed by atoms with van der Waals surface area (Å²) in [7, 11) is 0. The van der Waals surface area contributed by atoms with Crippen molar-refractivity contribution in [1.29, 1.82) is 0 Å². The van der Waals surface area contributed by atoms with Crippen LogP contribution in [0, 0.1) is 22.7 Å². The number of carbonyl (C=O) groups is 1. The molecule has 1 aromatic carbocycles. The van der Waals surface area contributed by atoms with Crippen LogP contribution in [0.5, 0.6) is 0 Å². The van der Waals surface area contributed by atoms with Crippen molar-refractivity contribution in [2.45, 2.75) is 75.5 Å². The SMILES string of the molecule is CC1(S)C2CC3(C(=O)N4CC[C@H](N)C(C)(C)C4)CC1CC(c1ccccc1)(C2)C3. The summed E-state index contributed by atoms with van der Waals surface area (Å²) in [5, 5.41) is 0. The minimum Gasteiger partial charge on any atom is -0.342 e. The van der Waals surface area contributed by atoms with Crippen molar-refractivity contribution in [3.8, 4) is 0 Å². The lowest BCUT2D eigenvalue weighted by Crippen LogP contribution is -2.67. The fraction of sp³-hybridized carbons (Fsp3) is 0.720. The van der Waals surface area contributed by atoms with Crippen LogP contribution in [-0.2, 0) is 10.2 Å². The molecule has 3 nitrogen and oxygen atoms in total. The molecule has 29 heavy (non-hydrogen) atoms. The summed E-state index contributed by atoms with van der Waals surface area (Å²) in [5.74, 6) is 1.43. The largest absolute Gasteiger partial charge is 0.342 e. The van der Waals surface area contributed by atoms with Gasteiger partial charge in [0, 0.05) is 23.9 Å². The van der Waals surface area contributed by atoms with Crippen LogP contribution in [0.4, 0.5) is 0 Å². The van der Waals surface area contributed by atoms with Crippen molar-refractivity contribution >= 4 is 18.5 Å². The molecule has 4 aliphatic carbocycles. The zero-order chi connectivity index (χ0) is 20.7. The number of piperidine rings is 1. The van der Waals surface area contributed by atoms with Crippen LogP contribution in [0.3, 0.4) is 0 Å². The molecule has 1 aromatic rings. The minimum absolute atomic E-state index is 0.00855. The predicted octanol–water partition coefficient (Wildman–Crippen LogP) is 4.41. The zero-order valence-corrected chi connectivity index (χ0v) is 19.1. The van der Waals surface area contributed by atoms with E-state index in [2.05, 4.69) is 56.0 Å². The van der Waals surface area contributed by atoms with Crippen LogP contribution in [0.15, 0.2) is 30.3 Å². The Morgan fingerprint density at radius 2 is 1.69 bits per heavy atom. The van der Waals surface area contributed by atoms with Crippen LogP contribution in [0.1, 0.15) is 64.9 Å². The molecule has 1 amide bonds. The third-order valence-electron chi connectivity index (χ3n) is 9.32. The number of benzene rings is 1. The van der Waals surface area contributed by atoms with Crippen molar-refractivity contribution in [2.75, 3.05) is 13.1 Å². The summed E-state index contributed by atoms with van der Waals surface area (Å²) in [5.41, 5.74) is 7.74. The number of likely N-dealkylation sites (tertiary alicyclic amines) is 1. The number of rotatable bonds is 2. The summed E-state index contributed by atoms with van der Waals surface area (Å²) in [6, 6.07) is 11.2. The maximum atomic E-state index is 14.1. The van der Waals surface area contributed by atoms with E-state index in [0.29, 0.717) is 17.7 Å². The third kappa shape index (κ3) is 2.85. The van der Waals surface area contributed by atoms with E-state index in [-0.39, 0.29) is 27.0 Å². The van der Waals surface area contributed by atoms with Crippen LogP contribution in [0.2, 0.25) is 0 Å². The summed E-state index contributed by atoms with van der Waals surface area (Å²) >= 11 is 5.18. The first kappa shape index (κ1) is 19.9. The summed E-state index contributed by atoms with van der Waals surface area (Å²) in [6.07, 6.45) is 6.32. The molecule has 1 heterocycles. The van der Waals surface area contributed by atoms with E-state index in [1.807, 2.05) is 0 Å². The van der Waals surface area contributed by atoms with Gasteiger partial charge in [-0.15, -0.1) is 0 Å². The molecule has 6 rings (SSSR count). The van der Waals surface area contributed by atoms with E-state index in [0.717, 1.165) is 38.8 Å². The number of nitrogens with two attached hydrogens (primary N) is 1. The van der Waals surface area contributed by atoms with Gasteiger partial charge in [-0.25, -0.2) is 0 Å². The molecular weight excluding hydrogens is 376 g/mol. The molecule has 1 aliphatic heterocycles. The molecule has 4 heteroatoms. The highest BCUT2D eigenvalue weighted by Gasteiger charge is 2.67. The fourth-order valence-corrected chi connectivity index (χ4v) is 7.92. The van der Waals surface area contributed by atoms with Crippen molar-refractivity contribution in [3.63, 3.8) is 0 Å². The normalized spacial score (nSPS) is 45.4. The molecular formula is C25H36N2OS. The van der Waals surface area contributed by atoms with Gasteiger partial charge in [-0.2, -0.15) is 12.6 Å². The Bertz CT molecular complexity index is 799. The molecule has 2 unspecified atom stereocenters. The lowest BCUT2D eigenvalue weighted by Gasteiger charge is -2.67. The Labute approximate surface area is 181 Å².